The number of nitrogens with one attached hydrogen (secondary N) is 1. The van der Waals surface area contributed by atoms with Crippen LogP contribution in [0.25, 0.3) is 0 Å². The minimum absolute atomic E-state index is 0.204. The molecule has 1 aliphatic heterocycles. The molecule has 0 radical (unpaired) electrons. The van der Waals surface area contributed by atoms with Gasteiger partial charge in [-0.1, -0.05) is 34.1 Å². The predicted molar refractivity (Wildman–Crippen MR) is 110 cm³/mol. The molecule has 1 fully saturated rings. The fraction of sp³-hybridized carbons (Fsp3) is 0.333. The van der Waals surface area contributed by atoms with Crippen LogP contribution in [0.3, 0.4) is 0 Å². The van der Waals surface area contributed by atoms with Gasteiger partial charge in [-0.25, -0.2) is 4.79 Å². The van der Waals surface area contributed by atoms with E-state index in [4.69, 9.17) is 9.47 Å². The SMILES string of the molecule is COc1ccc(CCC2(C)NC(=O)N(CCOc3cccc(Br)c3)C2=O)cc1. The number of imide groups is 1. The van der Waals surface area contributed by atoms with Crippen molar-refractivity contribution in [2.45, 2.75) is 25.3 Å². The Labute approximate surface area is 172 Å². The molecule has 0 spiro atoms. The number of amides is 3. The van der Waals surface area contributed by atoms with E-state index in [1.807, 2.05) is 48.5 Å². The average molecular weight is 447 g/mol. The monoisotopic (exact) mass is 446 g/mol. The minimum Gasteiger partial charge on any atom is -0.497 e. The zero-order valence-electron chi connectivity index (χ0n) is 15.9. The highest BCUT2D eigenvalue weighted by atomic mass is 79.9. The molecule has 1 saturated heterocycles. The molecular weight excluding hydrogens is 424 g/mol. The molecular formula is C21H23BrN2O4. The van der Waals surface area contributed by atoms with Gasteiger partial charge >= 0.3 is 6.03 Å². The first kappa shape index (κ1) is 20.2. The second kappa shape index (κ2) is 8.65. The number of hydrogen-bond acceptors (Lipinski definition) is 4. The van der Waals surface area contributed by atoms with Crippen molar-refractivity contribution in [1.29, 1.82) is 0 Å². The first-order valence-electron chi connectivity index (χ1n) is 9.07. The maximum Gasteiger partial charge on any atom is 0.325 e. The topological polar surface area (TPSA) is 67.9 Å². The number of rotatable bonds is 8. The molecule has 7 heteroatoms. The van der Waals surface area contributed by atoms with Crippen LogP contribution in [0.1, 0.15) is 18.9 Å². The van der Waals surface area contributed by atoms with Crippen molar-refractivity contribution in [1.82, 2.24) is 10.2 Å². The summed E-state index contributed by atoms with van der Waals surface area (Å²) >= 11 is 3.38. The van der Waals surface area contributed by atoms with Crippen LogP contribution in [0.2, 0.25) is 0 Å². The molecule has 3 rings (SSSR count). The van der Waals surface area contributed by atoms with E-state index in [1.165, 1.54) is 4.90 Å². The van der Waals surface area contributed by atoms with E-state index in [2.05, 4.69) is 21.2 Å². The van der Waals surface area contributed by atoms with Gasteiger partial charge < -0.3 is 14.8 Å². The van der Waals surface area contributed by atoms with Gasteiger partial charge in [0, 0.05) is 4.47 Å². The molecule has 0 aromatic heterocycles. The first-order chi connectivity index (χ1) is 13.4. The molecule has 1 aliphatic rings. The average Bonchev–Trinajstić information content (AvgIpc) is 2.90. The lowest BCUT2D eigenvalue weighted by molar-refractivity contribution is -0.131. The molecule has 1 atom stereocenters. The summed E-state index contributed by atoms with van der Waals surface area (Å²) < 4.78 is 11.7. The van der Waals surface area contributed by atoms with Crippen molar-refractivity contribution in [3.05, 3.63) is 58.6 Å². The van der Waals surface area contributed by atoms with Gasteiger partial charge in [0.25, 0.3) is 5.91 Å². The molecule has 148 valence electrons. The van der Waals surface area contributed by atoms with E-state index in [1.54, 1.807) is 14.0 Å². The molecule has 2 aromatic rings. The predicted octanol–water partition coefficient (Wildman–Crippen LogP) is 3.78. The van der Waals surface area contributed by atoms with E-state index in [9.17, 15) is 9.59 Å². The highest BCUT2D eigenvalue weighted by Crippen LogP contribution is 2.24. The summed E-state index contributed by atoms with van der Waals surface area (Å²) in [6.45, 7) is 2.21. The van der Waals surface area contributed by atoms with Crippen LogP contribution in [0.5, 0.6) is 11.5 Å². The van der Waals surface area contributed by atoms with Gasteiger partial charge in [0.15, 0.2) is 0 Å². The van der Waals surface area contributed by atoms with Gasteiger partial charge in [-0.2, -0.15) is 0 Å². The minimum atomic E-state index is -0.910. The summed E-state index contributed by atoms with van der Waals surface area (Å²) in [5.41, 5.74) is 0.174. The lowest BCUT2D eigenvalue weighted by Gasteiger charge is -2.21. The molecule has 2 aromatic carbocycles. The quantitative estimate of drug-likeness (QED) is 0.626. The van der Waals surface area contributed by atoms with Gasteiger partial charge in [-0.05, 0) is 55.7 Å². The fourth-order valence-electron chi connectivity index (χ4n) is 3.12. The summed E-state index contributed by atoms with van der Waals surface area (Å²) in [6, 6.07) is 14.8. The number of halogens is 1. The lowest BCUT2D eigenvalue weighted by atomic mass is 9.93. The fourth-order valence-corrected chi connectivity index (χ4v) is 3.50. The Morgan fingerprint density at radius 3 is 2.54 bits per heavy atom. The zero-order chi connectivity index (χ0) is 20.1. The Kier molecular flexibility index (Phi) is 6.24. The van der Waals surface area contributed by atoms with Crippen molar-refractivity contribution in [3.63, 3.8) is 0 Å². The van der Waals surface area contributed by atoms with Crippen molar-refractivity contribution in [3.8, 4) is 11.5 Å². The molecule has 0 saturated carbocycles. The second-order valence-corrected chi connectivity index (χ2v) is 7.79. The summed E-state index contributed by atoms with van der Waals surface area (Å²) in [6.07, 6.45) is 1.20. The van der Waals surface area contributed by atoms with E-state index in [0.717, 1.165) is 15.8 Å². The van der Waals surface area contributed by atoms with Crippen molar-refractivity contribution in [2.24, 2.45) is 0 Å². The second-order valence-electron chi connectivity index (χ2n) is 6.87. The molecule has 1 unspecified atom stereocenters. The molecule has 1 heterocycles. The Bertz CT molecular complexity index is 856. The van der Waals surface area contributed by atoms with Crippen LogP contribution in [-0.2, 0) is 11.2 Å². The smallest absolute Gasteiger partial charge is 0.325 e. The van der Waals surface area contributed by atoms with Crippen molar-refractivity contribution >= 4 is 27.9 Å². The standard InChI is InChI=1S/C21H23BrN2O4/c1-21(11-10-15-6-8-17(27-2)9-7-15)19(25)24(20(26)23-21)12-13-28-18-5-3-4-16(22)14-18/h3-9,14H,10-13H2,1-2H3,(H,23,26). The third-order valence-corrected chi connectivity index (χ3v) is 5.29. The normalized spacial score (nSPS) is 18.9. The molecule has 6 nitrogen and oxygen atoms in total. The Hall–Kier alpha value is -2.54. The summed E-state index contributed by atoms with van der Waals surface area (Å²) in [5.74, 6) is 1.25. The number of urea groups is 1. The highest BCUT2D eigenvalue weighted by Gasteiger charge is 2.47. The van der Waals surface area contributed by atoms with Crippen LogP contribution in [0.4, 0.5) is 4.79 Å². The Balaban J connectivity index is 1.55. The molecule has 1 N–H and O–H groups in total. The maximum atomic E-state index is 12.8. The van der Waals surface area contributed by atoms with Crippen molar-refractivity contribution < 1.29 is 19.1 Å². The van der Waals surface area contributed by atoms with Crippen LogP contribution in [0, 0.1) is 0 Å². The number of hydrogen-bond donors (Lipinski definition) is 1. The van der Waals surface area contributed by atoms with E-state index >= 15 is 0 Å². The number of methoxy groups -OCH3 is 1. The molecule has 0 bridgehead atoms. The number of carbonyl (C=O) groups is 2. The Morgan fingerprint density at radius 2 is 1.86 bits per heavy atom. The number of nitrogens with zero attached hydrogens (tertiary/aromatic N) is 1. The van der Waals surface area contributed by atoms with E-state index in [0.29, 0.717) is 18.6 Å². The molecule has 0 aliphatic carbocycles. The van der Waals surface area contributed by atoms with E-state index < -0.39 is 5.54 Å². The van der Waals surface area contributed by atoms with Gasteiger partial charge in [-0.15, -0.1) is 0 Å². The van der Waals surface area contributed by atoms with Crippen LogP contribution < -0.4 is 14.8 Å². The summed E-state index contributed by atoms with van der Waals surface area (Å²) in [5, 5.41) is 2.83. The number of benzene rings is 2. The summed E-state index contributed by atoms with van der Waals surface area (Å²) in [4.78, 5) is 26.3. The first-order valence-corrected chi connectivity index (χ1v) is 9.86. The number of aryl methyl sites for hydroxylation is 1. The largest absolute Gasteiger partial charge is 0.497 e. The van der Waals surface area contributed by atoms with Crippen LogP contribution in [-0.4, -0.2) is 42.6 Å². The Morgan fingerprint density at radius 1 is 1.11 bits per heavy atom. The third kappa shape index (κ3) is 4.65. The third-order valence-electron chi connectivity index (χ3n) is 4.80. The van der Waals surface area contributed by atoms with E-state index in [-0.39, 0.29) is 25.1 Å². The lowest BCUT2D eigenvalue weighted by Crippen LogP contribution is -2.44. The molecule has 3 amide bonds. The van der Waals surface area contributed by atoms with Gasteiger partial charge in [0.2, 0.25) is 0 Å². The summed E-state index contributed by atoms with van der Waals surface area (Å²) in [7, 11) is 1.62. The van der Waals surface area contributed by atoms with Crippen molar-refractivity contribution in [2.75, 3.05) is 20.3 Å². The van der Waals surface area contributed by atoms with Crippen LogP contribution in [0.15, 0.2) is 53.0 Å². The van der Waals surface area contributed by atoms with Gasteiger partial charge in [-0.3, -0.25) is 9.69 Å². The maximum absolute atomic E-state index is 12.8. The van der Waals surface area contributed by atoms with Crippen LogP contribution >= 0.6 is 15.9 Å². The molecule has 28 heavy (non-hydrogen) atoms. The van der Waals surface area contributed by atoms with Gasteiger partial charge in [0.1, 0.15) is 23.6 Å². The highest BCUT2D eigenvalue weighted by molar-refractivity contribution is 9.10. The zero-order valence-corrected chi connectivity index (χ0v) is 17.5. The number of carbonyl (C=O) groups excluding carboxylic acids is 2. The van der Waals surface area contributed by atoms with Gasteiger partial charge in [0.05, 0.1) is 13.7 Å². The number of ether oxygens (including phenoxy) is 2.